The summed E-state index contributed by atoms with van der Waals surface area (Å²) in [6.45, 7) is 3.83. The van der Waals surface area contributed by atoms with E-state index in [1.807, 2.05) is 32.0 Å². The zero-order valence-electron chi connectivity index (χ0n) is 15.0. The Morgan fingerprint density at radius 2 is 1.96 bits per heavy atom. The van der Waals surface area contributed by atoms with Crippen LogP contribution in [0.3, 0.4) is 0 Å². The quantitative estimate of drug-likeness (QED) is 0.569. The number of benzene rings is 1. The molecule has 9 heteroatoms. The van der Waals surface area contributed by atoms with Gasteiger partial charge in [-0.3, -0.25) is 15.1 Å². The fraction of sp³-hybridized carbons (Fsp3) is 0.105. The molecule has 4 rings (SSSR count). The molecule has 1 amide bonds. The molecule has 0 atom stereocenters. The average molecular weight is 394 g/mol. The molecule has 0 aliphatic carbocycles. The van der Waals surface area contributed by atoms with E-state index in [-0.39, 0.29) is 5.69 Å². The van der Waals surface area contributed by atoms with Gasteiger partial charge in [-0.1, -0.05) is 17.3 Å². The molecule has 0 spiro atoms. The largest absolute Gasteiger partial charge is 0.296 e. The zero-order chi connectivity index (χ0) is 19.7. The molecule has 0 fully saturated rings. The maximum absolute atomic E-state index is 13.5. The number of aryl methyl sites for hydroxylation is 2. The van der Waals surface area contributed by atoms with Crippen LogP contribution in [0.25, 0.3) is 17.1 Å². The minimum absolute atomic E-state index is 0.175. The normalized spacial score (nSPS) is 10.8. The van der Waals surface area contributed by atoms with Crippen LogP contribution in [0.15, 0.2) is 48.7 Å². The van der Waals surface area contributed by atoms with Crippen LogP contribution in [-0.4, -0.2) is 30.9 Å². The highest BCUT2D eigenvalue weighted by atomic mass is 32.1. The van der Waals surface area contributed by atoms with Crippen LogP contribution in [0.4, 0.5) is 9.52 Å². The second kappa shape index (κ2) is 7.28. The summed E-state index contributed by atoms with van der Waals surface area (Å²) < 4.78 is 14.8. The van der Waals surface area contributed by atoms with E-state index in [2.05, 4.69) is 25.6 Å². The van der Waals surface area contributed by atoms with Crippen molar-refractivity contribution in [3.05, 3.63) is 70.7 Å². The first kappa shape index (κ1) is 17.9. The molecule has 140 valence electrons. The van der Waals surface area contributed by atoms with Gasteiger partial charge in [-0.2, -0.15) is 0 Å². The van der Waals surface area contributed by atoms with Crippen molar-refractivity contribution in [1.29, 1.82) is 0 Å². The predicted molar refractivity (Wildman–Crippen MR) is 104 cm³/mol. The maximum Gasteiger partial charge on any atom is 0.277 e. The summed E-state index contributed by atoms with van der Waals surface area (Å²) in [5.74, 6) is -0.864. The van der Waals surface area contributed by atoms with Crippen molar-refractivity contribution in [3.8, 4) is 17.1 Å². The van der Waals surface area contributed by atoms with Gasteiger partial charge in [0.05, 0.1) is 17.6 Å². The summed E-state index contributed by atoms with van der Waals surface area (Å²) in [4.78, 5) is 22.6. The van der Waals surface area contributed by atoms with Crippen molar-refractivity contribution in [2.24, 2.45) is 0 Å². The molecular weight excluding hydrogens is 379 g/mol. The number of amides is 1. The second-order valence-electron chi connectivity index (χ2n) is 6.05. The lowest BCUT2D eigenvalue weighted by Gasteiger charge is -2.05. The van der Waals surface area contributed by atoms with E-state index >= 15 is 0 Å². The van der Waals surface area contributed by atoms with E-state index in [0.29, 0.717) is 10.8 Å². The van der Waals surface area contributed by atoms with E-state index in [1.165, 1.54) is 34.3 Å². The summed E-state index contributed by atoms with van der Waals surface area (Å²) in [6, 6.07) is 11.5. The predicted octanol–water partition coefficient (Wildman–Crippen LogP) is 3.79. The molecule has 28 heavy (non-hydrogen) atoms. The number of rotatable bonds is 4. The SMILES string of the molecule is Cc1cccc(-c2nc(NC(=O)c3cnnn3-c3cccc(F)c3)sc2C)n1. The Balaban J connectivity index is 1.61. The topological polar surface area (TPSA) is 85.6 Å². The fourth-order valence-electron chi connectivity index (χ4n) is 2.71. The average Bonchev–Trinajstić information content (AvgIpc) is 3.28. The highest BCUT2D eigenvalue weighted by Gasteiger charge is 2.18. The smallest absolute Gasteiger partial charge is 0.277 e. The summed E-state index contributed by atoms with van der Waals surface area (Å²) in [6.07, 6.45) is 1.32. The lowest BCUT2D eigenvalue weighted by atomic mass is 10.2. The highest BCUT2D eigenvalue weighted by molar-refractivity contribution is 7.16. The first-order valence-corrected chi connectivity index (χ1v) is 9.22. The Bertz CT molecular complexity index is 1170. The molecular formula is C19H15FN6OS. The van der Waals surface area contributed by atoms with Gasteiger partial charge in [0.25, 0.3) is 5.91 Å². The number of hydrogen-bond acceptors (Lipinski definition) is 6. The molecule has 1 aromatic carbocycles. The van der Waals surface area contributed by atoms with Crippen LogP contribution < -0.4 is 5.32 Å². The molecule has 0 aliphatic rings. The molecule has 0 saturated heterocycles. The van der Waals surface area contributed by atoms with Crippen LogP contribution >= 0.6 is 11.3 Å². The first-order valence-electron chi connectivity index (χ1n) is 8.41. The summed E-state index contributed by atoms with van der Waals surface area (Å²) in [5, 5.41) is 10.9. The van der Waals surface area contributed by atoms with Crippen LogP contribution in [0.5, 0.6) is 0 Å². The monoisotopic (exact) mass is 394 g/mol. The molecule has 1 N–H and O–H groups in total. The highest BCUT2D eigenvalue weighted by Crippen LogP contribution is 2.29. The number of carbonyl (C=O) groups excluding carboxylic acids is 1. The Morgan fingerprint density at radius 1 is 1.14 bits per heavy atom. The number of nitrogens with one attached hydrogen (secondary N) is 1. The minimum atomic E-state index is -0.438. The molecule has 7 nitrogen and oxygen atoms in total. The van der Waals surface area contributed by atoms with Crippen molar-refractivity contribution in [2.75, 3.05) is 5.32 Å². The van der Waals surface area contributed by atoms with Gasteiger partial charge in [0.2, 0.25) is 0 Å². The van der Waals surface area contributed by atoms with Crippen LogP contribution in [0.1, 0.15) is 21.1 Å². The van der Waals surface area contributed by atoms with Gasteiger partial charge in [-0.15, -0.1) is 16.4 Å². The molecule has 0 unspecified atom stereocenters. The number of pyridine rings is 1. The lowest BCUT2D eigenvalue weighted by molar-refractivity contribution is 0.101. The Kier molecular flexibility index (Phi) is 4.66. The van der Waals surface area contributed by atoms with Gasteiger partial charge in [-0.05, 0) is 44.2 Å². The van der Waals surface area contributed by atoms with Crippen molar-refractivity contribution in [2.45, 2.75) is 13.8 Å². The second-order valence-corrected chi connectivity index (χ2v) is 7.26. The van der Waals surface area contributed by atoms with E-state index in [0.717, 1.165) is 22.0 Å². The van der Waals surface area contributed by atoms with Gasteiger partial charge < -0.3 is 0 Å². The maximum atomic E-state index is 13.5. The summed E-state index contributed by atoms with van der Waals surface area (Å²) in [5.41, 5.74) is 2.94. The molecule has 0 bridgehead atoms. The van der Waals surface area contributed by atoms with Crippen LogP contribution in [0, 0.1) is 19.7 Å². The molecule has 0 saturated carbocycles. The molecule has 3 aromatic heterocycles. The number of hydrogen-bond donors (Lipinski definition) is 1. The van der Waals surface area contributed by atoms with Gasteiger partial charge in [0.15, 0.2) is 10.8 Å². The van der Waals surface area contributed by atoms with E-state index in [1.54, 1.807) is 12.1 Å². The Labute approximate surface area is 163 Å². The van der Waals surface area contributed by atoms with Gasteiger partial charge in [-0.25, -0.2) is 14.1 Å². The third kappa shape index (κ3) is 3.52. The van der Waals surface area contributed by atoms with Crippen molar-refractivity contribution < 1.29 is 9.18 Å². The molecule has 3 heterocycles. The lowest BCUT2D eigenvalue weighted by Crippen LogP contribution is -2.17. The number of thiazole rings is 1. The number of aromatic nitrogens is 5. The van der Waals surface area contributed by atoms with Crippen LogP contribution in [-0.2, 0) is 0 Å². The first-order chi connectivity index (χ1) is 13.5. The molecule has 4 aromatic rings. The van der Waals surface area contributed by atoms with E-state index < -0.39 is 11.7 Å². The summed E-state index contributed by atoms with van der Waals surface area (Å²) in [7, 11) is 0. The Morgan fingerprint density at radius 3 is 2.75 bits per heavy atom. The molecule has 0 radical (unpaired) electrons. The van der Waals surface area contributed by atoms with Crippen molar-refractivity contribution in [1.82, 2.24) is 25.0 Å². The van der Waals surface area contributed by atoms with Gasteiger partial charge >= 0.3 is 0 Å². The minimum Gasteiger partial charge on any atom is -0.296 e. The summed E-state index contributed by atoms with van der Waals surface area (Å²) >= 11 is 1.35. The zero-order valence-corrected chi connectivity index (χ0v) is 15.9. The van der Waals surface area contributed by atoms with E-state index in [9.17, 15) is 9.18 Å². The van der Waals surface area contributed by atoms with E-state index in [4.69, 9.17) is 0 Å². The third-order valence-corrected chi connectivity index (χ3v) is 4.87. The third-order valence-electron chi connectivity index (χ3n) is 3.98. The number of nitrogens with zero attached hydrogens (tertiary/aromatic N) is 5. The van der Waals surface area contributed by atoms with Gasteiger partial charge in [0.1, 0.15) is 11.5 Å². The molecule has 0 aliphatic heterocycles. The van der Waals surface area contributed by atoms with Crippen LogP contribution in [0.2, 0.25) is 0 Å². The van der Waals surface area contributed by atoms with Crippen molar-refractivity contribution >= 4 is 22.4 Å². The van der Waals surface area contributed by atoms with Crippen molar-refractivity contribution in [3.63, 3.8) is 0 Å². The standard InChI is InChI=1S/C19H15FN6OS/c1-11-5-3-8-15(22-11)17-12(2)28-19(23-17)24-18(27)16-10-21-25-26(16)14-7-4-6-13(20)9-14/h3-10H,1-2H3,(H,23,24,27). The number of carbonyl (C=O) groups is 1. The number of anilines is 1. The van der Waals surface area contributed by atoms with Gasteiger partial charge in [0, 0.05) is 10.6 Å². The fourth-order valence-corrected chi connectivity index (χ4v) is 3.53. The Hall–Kier alpha value is -3.46. The number of halogens is 1.